The lowest BCUT2D eigenvalue weighted by Gasteiger charge is -2.32. The van der Waals surface area contributed by atoms with Crippen molar-refractivity contribution >= 4 is 6.09 Å². The van der Waals surface area contributed by atoms with E-state index < -0.39 is 5.60 Å². The fourth-order valence-electron chi connectivity index (χ4n) is 2.74. The first-order valence-corrected chi connectivity index (χ1v) is 7.89. The Hall–Kier alpha value is -1.63. The molecule has 1 aromatic heterocycles. The van der Waals surface area contributed by atoms with Crippen molar-refractivity contribution < 1.29 is 14.1 Å². The molecule has 1 heterocycles. The van der Waals surface area contributed by atoms with Crippen LogP contribution in [0.2, 0.25) is 0 Å². The molecule has 1 aliphatic rings. The van der Waals surface area contributed by atoms with Crippen LogP contribution >= 0.6 is 0 Å². The number of ether oxygens (including phenoxy) is 1. The van der Waals surface area contributed by atoms with Gasteiger partial charge in [0.25, 0.3) is 0 Å². The summed E-state index contributed by atoms with van der Waals surface area (Å²) in [5.74, 6) is 1.05. The first kappa shape index (κ1) is 16.7. The largest absolute Gasteiger partial charge is 0.444 e. The van der Waals surface area contributed by atoms with Crippen LogP contribution in [-0.2, 0) is 11.3 Å². The lowest BCUT2D eigenvalue weighted by Crippen LogP contribution is -2.44. The highest BCUT2D eigenvalue weighted by atomic mass is 16.6. The van der Waals surface area contributed by atoms with Gasteiger partial charge in [-0.1, -0.05) is 18.0 Å². The van der Waals surface area contributed by atoms with E-state index in [1.807, 2.05) is 20.8 Å². The van der Waals surface area contributed by atoms with E-state index in [2.05, 4.69) is 20.8 Å². The van der Waals surface area contributed by atoms with Crippen LogP contribution in [0.25, 0.3) is 0 Å². The van der Waals surface area contributed by atoms with Gasteiger partial charge in [0.15, 0.2) is 5.82 Å². The molecule has 124 valence electrons. The van der Waals surface area contributed by atoms with Gasteiger partial charge in [0.1, 0.15) is 5.60 Å². The number of alkyl carbamates (subject to hydrolysis) is 1. The monoisotopic (exact) mass is 310 g/mol. The minimum atomic E-state index is -0.465. The van der Waals surface area contributed by atoms with Crippen LogP contribution in [0.15, 0.2) is 10.9 Å². The number of nitrogens with one attached hydrogen (secondary N) is 2. The molecule has 0 saturated heterocycles. The van der Waals surface area contributed by atoms with Gasteiger partial charge in [0.05, 0.1) is 6.54 Å². The second-order valence-corrected chi connectivity index (χ2v) is 6.76. The number of hydrogen-bond acceptors (Lipinski definition) is 6. The summed E-state index contributed by atoms with van der Waals surface area (Å²) in [7, 11) is 0. The third-order valence-electron chi connectivity index (χ3n) is 3.75. The maximum atomic E-state index is 11.8. The summed E-state index contributed by atoms with van der Waals surface area (Å²) < 4.78 is 10.0. The molecule has 1 aromatic rings. The fourth-order valence-corrected chi connectivity index (χ4v) is 2.74. The van der Waals surface area contributed by atoms with Crippen molar-refractivity contribution in [3.8, 4) is 0 Å². The van der Waals surface area contributed by atoms with Gasteiger partial charge in [0.2, 0.25) is 6.39 Å². The van der Waals surface area contributed by atoms with Crippen LogP contribution < -0.4 is 10.6 Å². The standard InChI is InChI=1S/C15H26N4O3/c1-15(2,3)22-14(20)17-8-11-6-4-5-7-12(11)16-9-13-18-10-21-19-13/h10-12,16H,4-9H2,1-3H3,(H,17,20). The number of aromatic nitrogens is 2. The van der Waals surface area contributed by atoms with E-state index in [4.69, 9.17) is 9.26 Å². The van der Waals surface area contributed by atoms with E-state index in [-0.39, 0.29) is 6.09 Å². The number of amides is 1. The average Bonchev–Trinajstić information content (AvgIpc) is 2.95. The molecule has 0 radical (unpaired) electrons. The smallest absolute Gasteiger partial charge is 0.407 e. The van der Waals surface area contributed by atoms with Gasteiger partial charge in [-0.25, -0.2) is 4.79 Å². The van der Waals surface area contributed by atoms with E-state index in [0.29, 0.717) is 30.9 Å². The molecule has 2 rings (SSSR count). The molecule has 1 aliphatic carbocycles. The van der Waals surface area contributed by atoms with Gasteiger partial charge >= 0.3 is 6.09 Å². The summed E-state index contributed by atoms with van der Waals surface area (Å²) in [6.07, 6.45) is 5.57. The van der Waals surface area contributed by atoms with Gasteiger partial charge in [-0.2, -0.15) is 4.98 Å². The second kappa shape index (κ2) is 7.58. The summed E-state index contributed by atoms with van der Waals surface area (Å²) in [6.45, 7) is 6.80. The summed E-state index contributed by atoms with van der Waals surface area (Å²) in [6, 6.07) is 0.349. The molecule has 0 spiro atoms. The fraction of sp³-hybridized carbons (Fsp3) is 0.800. The molecule has 2 atom stereocenters. The number of nitrogens with zero attached hydrogens (tertiary/aromatic N) is 2. The van der Waals surface area contributed by atoms with Crippen LogP contribution in [0.3, 0.4) is 0 Å². The zero-order chi connectivity index (χ0) is 16.0. The number of carbonyl (C=O) groups excluding carboxylic acids is 1. The SMILES string of the molecule is CC(C)(C)OC(=O)NCC1CCCCC1NCc1ncon1. The molecule has 0 aliphatic heterocycles. The quantitative estimate of drug-likeness (QED) is 0.867. The molecule has 7 heteroatoms. The predicted octanol–water partition coefficient (Wildman–Crippen LogP) is 2.24. The van der Waals surface area contributed by atoms with Crippen LogP contribution in [0.1, 0.15) is 52.3 Å². The maximum Gasteiger partial charge on any atom is 0.407 e. The summed E-state index contributed by atoms with van der Waals surface area (Å²) in [5.41, 5.74) is -0.465. The average molecular weight is 310 g/mol. The normalized spacial score (nSPS) is 22.3. The summed E-state index contributed by atoms with van der Waals surface area (Å²) in [4.78, 5) is 15.8. The maximum absolute atomic E-state index is 11.8. The Labute approximate surface area is 131 Å². The van der Waals surface area contributed by atoms with Crippen molar-refractivity contribution in [3.05, 3.63) is 12.2 Å². The Kier molecular flexibility index (Phi) is 5.76. The molecular weight excluding hydrogens is 284 g/mol. The molecule has 2 N–H and O–H groups in total. The molecule has 1 amide bonds. The second-order valence-electron chi connectivity index (χ2n) is 6.76. The Morgan fingerprint density at radius 3 is 2.86 bits per heavy atom. The van der Waals surface area contributed by atoms with Gasteiger partial charge in [-0.3, -0.25) is 0 Å². The van der Waals surface area contributed by atoms with E-state index >= 15 is 0 Å². The Morgan fingerprint density at radius 2 is 2.18 bits per heavy atom. The van der Waals surface area contributed by atoms with Crippen molar-refractivity contribution in [2.45, 2.75) is 64.6 Å². The Bertz CT molecular complexity index is 456. The van der Waals surface area contributed by atoms with Crippen LogP contribution in [-0.4, -0.2) is 34.4 Å². The Balaban J connectivity index is 1.78. The Morgan fingerprint density at radius 1 is 1.41 bits per heavy atom. The highest BCUT2D eigenvalue weighted by molar-refractivity contribution is 5.67. The van der Waals surface area contributed by atoms with E-state index in [1.54, 1.807) is 0 Å². The highest BCUT2D eigenvalue weighted by Gasteiger charge is 2.26. The molecule has 0 bridgehead atoms. The first-order chi connectivity index (χ1) is 10.4. The zero-order valence-corrected chi connectivity index (χ0v) is 13.6. The van der Waals surface area contributed by atoms with Crippen molar-refractivity contribution in [2.24, 2.45) is 5.92 Å². The predicted molar refractivity (Wildman–Crippen MR) is 81.1 cm³/mol. The minimum Gasteiger partial charge on any atom is -0.444 e. The minimum absolute atomic E-state index is 0.349. The lowest BCUT2D eigenvalue weighted by molar-refractivity contribution is 0.0510. The van der Waals surface area contributed by atoms with Gasteiger partial charge < -0.3 is 19.9 Å². The van der Waals surface area contributed by atoms with Crippen molar-refractivity contribution in [1.82, 2.24) is 20.8 Å². The number of hydrogen-bond donors (Lipinski definition) is 2. The third kappa shape index (κ3) is 5.63. The molecule has 0 aromatic carbocycles. The summed E-state index contributed by atoms with van der Waals surface area (Å²) >= 11 is 0. The van der Waals surface area contributed by atoms with Gasteiger partial charge in [-0.05, 0) is 39.5 Å². The molecule has 2 unspecified atom stereocenters. The number of rotatable bonds is 5. The lowest BCUT2D eigenvalue weighted by atomic mass is 9.84. The topological polar surface area (TPSA) is 89.3 Å². The van der Waals surface area contributed by atoms with Crippen LogP contribution in [0, 0.1) is 5.92 Å². The van der Waals surface area contributed by atoms with Crippen LogP contribution in [0.4, 0.5) is 4.79 Å². The van der Waals surface area contributed by atoms with Crippen LogP contribution in [0.5, 0.6) is 0 Å². The van der Waals surface area contributed by atoms with E-state index in [9.17, 15) is 4.79 Å². The molecule has 1 saturated carbocycles. The molecule has 1 fully saturated rings. The highest BCUT2D eigenvalue weighted by Crippen LogP contribution is 2.24. The van der Waals surface area contributed by atoms with Gasteiger partial charge in [-0.15, -0.1) is 0 Å². The third-order valence-corrected chi connectivity index (χ3v) is 3.75. The molecule has 22 heavy (non-hydrogen) atoms. The molecule has 7 nitrogen and oxygen atoms in total. The van der Waals surface area contributed by atoms with E-state index in [1.165, 1.54) is 19.2 Å². The van der Waals surface area contributed by atoms with E-state index in [0.717, 1.165) is 12.8 Å². The first-order valence-electron chi connectivity index (χ1n) is 7.89. The zero-order valence-electron chi connectivity index (χ0n) is 13.6. The van der Waals surface area contributed by atoms with Gasteiger partial charge in [0, 0.05) is 12.6 Å². The van der Waals surface area contributed by atoms with Crippen molar-refractivity contribution in [2.75, 3.05) is 6.54 Å². The summed E-state index contributed by atoms with van der Waals surface area (Å²) in [5, 5.41) is 10.2. The molecular formula is C15H26N4O3. The van der Waals surface area contributed by atoms with Crippen molar-refractivity contribution in [1.29, 1.82) is 0 Å². The van der Waals surface area contributed by atoms with Crippen molar-refractivity contribution in [3.63, 3.8) is 0 Å². The number of carbonyl (C=O) groups is 1.